The number of esters is 1. The Bertz CT molecular complexity index is 523. The Morgan fingerprint density at radius 1 is 1.47 bits per heavy atom. The normalized spacial score (nSPS) is 10.2. The minimum atomic E-state index is -0.326. The Balaban J connectivity index is 2.32. The number of hydrogen-bond acceptors (Lipinski definition) is 5. The van der Waals surface area contributed by atoms with Crippen molar-refractivity contribution < 1.29 is 9.53 Å². The van der Waals surface area contributed by atoms with Crippen LogP contribution in [-0.2, 0) is 4.74 Å². The van der Waals surface area contributed by atoms with Gasteiger partial charge in [0.1, 0.15) is 0 Å². The number of aromatic nitrogens is 2. The number of nitrogens with zero attached hydrogens (tertiary/aromatic N) is 2. The van der Waals surface area contributed by atoms with Crippen molar-refractivity contribution in [3.8, 4) is 10.6 Å². The highest BCUT2D eigenvalue weighted by Crippen LogP contribution is 2.22. The first-order valence-electron chi connectivity index (χ1n) is 5.26. The van der Waals surface area contributed by atoms with Crippen molar-refractivity contribution in [1.29, 1.82) is 0 Å². The number of carbonyl (C=O) groups excluding carboxylic acids is 1. The van der Waals surface area contributed by atoms with Gasteiger partial charge in [-0.1, -0.05) is 0 Å². The first-order valence-corrected chi connectivity index (χ1v) is 6.14. The van der Waals surface area contributed by atoms with Crippen molar-refractivity contribution in [2.45, 2.75) is 13.8 Å². The van der Waals surface area contributed by atoms with E-state index in [2.05, 4.69) is 9.97 Å². The molecule has 0 aliphatic heterocycles. The van der Waals surface area contributed by atoms with Crippen molar-refractivity contribution in [2.75, 3.05) is 6.61 Å². The van der Waals surface area contributed by atoms with Gasteiger partial charge < -0.3 is 4.74 Å². The van der Waals surface area contributed by atoms with E-state index < -0.39 is 0 Å². The molecule has 0 amide bonds. The highest BCUT2D eigenvalue weighted by Gasteiger charge is 2.12. The number of hydrogen-bond donors (Lipinski definition) is 0. The van der Waals surface area contributed by atoms with E-state index in [9.17, 15) is 4.79 Å². The number of thiazole rings is 1. The number of ether oxygens (including phenoxy) is 1. The monoisotopic (exact) mass is 248 g/mol. The van der Waals surface area contributed by atoms with E-state index in [0.29, 0.717) is 17.9 Å². The average molecular weight is 248 g/mol. The van der Waals surface area contributed by atoms with Gasteiger partial charge in [0.2, 0.25) is 0 Å². The van der Waals surface area contributed by atoms with Gasteiger partial charge in [0.15, 0.2) is 0 Å². The maximum absolute atomic E-state index is 11.6. The van der Waals surface area contributed by atoms with Crippen LogP contribution in [0.15, 0.2) is 23.8 Å². The molecule has 2 heterocycles. The second-order valence-corrected chi connectivity index (χ2v) is 4.30. The summed E-state index contributed by atoms with van der Waals surface area (Å²) in [5, 5.41) is 0. The van der Waals surface area contributed by atoms with Crippen molar-refractivity contribution in [1.82, 2.24) is 9.97 Å². The third kappa shape index (κ3) is 2.50. The minimum Gasteiger partial charge on any atom is -0.462 e. The fourth-order valence-corrected chi connectivity index (χ4v) is 2.06. The van der Waals surface area contributed by atoms with Gasteiger partial charge in [-0.3, -0.25) is 9.97 Å². The summed E-state index contributed by atoms with van der Waals surface area (Å²) in [6.45, 7) is 3.96. The Labute approximate surface area is 103 Å². The van der Waals surface area contributed by atoms with E-state index in [1.54, 1.807) is 31.6 Å². The molecule has 17 heavy (non-hydrogen) atoms. The Hall–Kier alpha value is -1.75. The quantitative estimate of drug-likeness (QED) is 0.784. The molecule has 0 atom stereocenters. The lowest BCUT2D eigenvalue weighted by atomic mass is 10.2. The number of pyridine rings is 1. The largest absolute Gasteiger partial charge is 0.462 e. The molecule has 0 N–H and O–H groups in total. The highest BCUT2D eigenvalue weighted by molar-refractivity contribution is 7.13. The van der Waals surface area contributed by atoms with Crippen LogP contribution in [0.4, 0.5) is 0 Å². The highest BCUT2D eigenvalue weighted by atomic mass is 32.1. The Morgan fingerprint density at radius 2 is 2.29 bits per heavy atom. The molecule has 0 saturated carbocycles. The SMILES string of the molecule is CCOC(=O)c1ccc(-c2cncs2)nc1C. The van der Waals surface area contributed by atoms with E-state index in [-0.39, 0.29) is 5.97 Å². The van der Waals surface area contributed by atoms with Crippen molar-refractivity contribution >= 4 is 17.3 Å². The fraction of sp³-hybridized carbons (Fsp3) is 0.250. The molecule has 88 valence electrons. The molecule has 2 aromatic rings. The van der Waals surface area contributed by atoms with Crippen LogP contribution in [0.25, 0.3) is 10.6 Å². The van der Waals surface area contributed by atoms with Gasteiger partial charge >= 0.3 is 5.97 Å². The van der Waals surface area contributed by atoms with Crippen LogP contribution in [0.1, 0.15) is 23.0 Å². The molecule has 0 aromatic carbocycles. The van der Waals surface area contributed by atoms with Crippen LogP contribution in [0.5, 0.6) is 0 Å². The van der Waals surface area contributed by atoms with Gasteiger partial charge in [-0.2, -0.15) is 0 Å². The van der Waals surface area contributed by atoms with Gasteiger partial charge in [0, 0.05) is 6.20 Å². The summed E-state index contributed by atoms with van der Waals surface area (Å²) in [7, 11) is 0. The summed E-state index contributed by atoms with van der Waals surface area (Å²) in [6, 6.07) is 3.56. The lowest BCUT2D eigenvalue weighted by Gasteiger charge is -2.05. The molecule has 4 nitrogen and oxygen atoms in total. The summed E-state index contributed by atoms with van der Waals surface area (Å²) < 4.78 is 4.95. The molecule has 0 unspecified atom stereocenters. The molecule has 2 aromatic heterocycles. The topological polar surface area (TPSA) is 52.1 Å². The molecule has 0 spiro atoms. The number of rotatable bonds is 3. The van der Waals surface area contributed by atoms with Crippen LogP contribution in [0, 0.1) is 6.92 Å². The van der Waals surface area contributed by atoms with Gasteiger partial charge in [0.05, 0.1) is 33.9 Å². The van der Waals surface area contributed by atoms with Crippen LogP contribution in [0.2, 0.25) is 0 Å². The Morgan fingerprint density at radius 3 is 2.88 bits per heavy atom. The van der Waals surface area contributed by atoms with Crippen molar-refractivity contribution in [2.24, 2.45) is 0 Å². The standard InChI is InChI=1S/C12H12N2O2S/c1-3-16-12(15)9-4-5-10(14-8(9)2)11-6-13-7-17-11/h4-7H,3H2,1-2H3. The molecule has 2 rings (SSSR count). The predicted molar refractivity (Wildman–Crippen MR) is 66.0 cm³/mol. The summed E-state index contributed by atoms with van der Waals surface area (Å²) in [4.78, 5) is 21.0. The van der Waals surface area contributed by atoms with Gasteiger partial charge in [0.25, 0.3) is 0 Å². The molecule has 0 aliphatic rings. The van der Waals surface area contributed by atoms with E-state index >= 15 is 0 Å². The van der Waals surface area contributed by atoms with Crippen LogP contribution >= 0.6 is 11.3 Å². The lowest BCUT2D eigenvalue weighted by molar-refractivity contribution is 0.0525. The second kappa shape index (κ2) is 5.05. The molecule has 5 heteroatoms. The molecule has 0 radical (unpaired) electrons. The number of aryl methyl sites for hydroxylation is 1. The summed E-state index contributed by atoms with van der Waals surface area (Å²) in [5.74, 6) is -0.326. The van der Waals surface area contributed by atoms with Gasteiger partial charge in [-0.25, -0.2) is 4.79 Å². The molecular formula is C12H12N2O2S. The Kier molecular flexibility index (Phi) is 3.49. The van der Waals surface area contributed by atoms with E-state index in [4.69, 9.17) is 4.74 Å². The van der Waals surface area contributed by atoms with Crippen molar-refractivity contribution in [3.63, 3.8) is 0 Å². The number of carbonyl (C=O) groups is 1. The van der Waals surface area contributed by atoms with E-state index in [1.807, 2.05) is 6.07 Å². The molecular weight excluding hydrogens is 236 g/mol. The lowest BCUT2D eigenvalue weighted by Crippen LogP contribution is -2.07. The average Bonchev–Trinajstić information content (AvgIpc) is 2.82. The smallest absolute Gasteiger partial charge is 0.339 e. The molecule has 0 bridgehead atoms. The maximum atomic E-state index is 11.6. The van der Waals surface area contributed by atoms with Gasteiger partial charge in [-0.05, 0) is 26.0 Å². The zero-order valence-corrected chi connectivity index (χ0v) is 10.5. The summed E-state index contributed by atoms with van der Waals surface area (Å²) in [5.41, 5.74) is 3.78. The summed E-state index contributed by atoms with van der Waals surface area (Å²) >= 11 is 1.52. The first kappa shape index (κ1) is 11.7. The van der Waals surface area contributed by atoms with Crippen LogP contribution in [0.3, 0.4) is 0 Å². The third-order valence-corrected chi connectivity index (χ3v) is 3.06. The first-order chi connectivity index (χ1) is 8.22. The zero-order valence-electron chi connectivity index (χ0n) is 9.64. The predicted octanol–water partition coefficient (Wildman–Crippen LogP) is 2.69. The van der Waals surface area contributed by atoms with Crippen LogP contribution in [-0.4, -0.2) is 22.5 Å². The minimum absolute atomic E-state index is 0.326. The van der Waals surface area contributed by atoms with Crippen LogP contribution < -0.4 is 0 Å². The fourth-order valence-electron chi connectivity index (χ4n) is 1.47. The maximum Gasteiger partial charge on any atom is 0.339 e. The third-order valence-electron chi connectivity index (χ3n) is 2.27. The van der Waals surface area contributed by atoms with E-state index in [0.717, 1.165) is 10.6 Å². The second-order valence-electron chi connectivity index (χ2n) is 3.42. The molecule has 0 saturated heterocycles. The van der Waals surface area contributed by atoms with Gasteiger partial charge in [-0.15, -0.1) is 11.3 Å². The molecule has 0 aliphatic carbocycles. The van der Waals surface area contributed by atoms with Crippen molar-refractivity contribution in [3.05, 3.63) is 35.1 Å². The summed E-state index contributed by atoms with van der Waals surface area (Å²) in [6.07, 6.45) is 1.76. The van der Waals surface area contributed by atoms with E-state index in [1.165, 1.54) is 11.3 Å². The zero-order chi connectivity index (χ0) is 12.3. The molecule has 0 fully saturated rings.